The molecule has 0 aliphatic rings. The standard InChI is InChI=1S/C52H33NO2/c1-4-15-34(16-5-1)37-27-30-45(43(31-37)35-17-6-2-7-18-35)53(39-28-29-42-41-23-12-13-25-47(41)54-49(42)33-39)46-24-14-26-48-51(46)50-40-22-11-10-21-38(40)32-44(52(50)55-48)36-19-8-3-9-20-36/h1-33H. The molecule has 11 aromatic rings. The van der Waals surface area contributed by atoms with Gasteiger partial charge in [-0.25, -0.2) is 0 Å². The van der Waals surface area contributed by atoms with Gasteiger partial charge in [0.2, 0.25) is 0 Å². The molecule has 0 saturated carbocycles. The smallest absolute Gasteiger partial charge is 0.143 e. The van der Waals surface area contributed by atoms with Crippen molar-refractivity contribution in [2.75, 3.05) is 4.90 Å². The lowest BCUT2D eigenvalue weighted by Gasteiger charge is -2.29. The van der Waals surface area contributed by atoms with Crippen molar-refractivity contribution < 1.29 is 8.83 Å². The van der Waals surface area contributed by atoms with Gasteiger partial charge >= 0.3 is 0 Å². The molecule has 9 aromatic carbocycles. The average molecular weight is 704 g/mol. The van der Waals surface area contributed by atoms with E-state index in [1.807, 2.05) is 12.1 Å². The summed E-state index contributed by atoms with van der Waals surface area (Å²) in [6.07, 6.45) is 0. The van der Waals surface area contributed by atoms with Gasteiger partial charge in [0, 0.05) is 39.0 Å². The Morgan fingerprint density at radius 1 is 0.327 bits per heavy atom. The lowest BCUT2D eigenvalue weighted by molar-refractivity contribution is 0.669. The Morgan fingerprint density at radius 2 is 0.964 bits per heavy atom. The van der Waals surface area contributed by atoms with Crippen LogP contribution in [0, 0.1) is 0 Å². The van der Waals surface area contributed by atoms with E-state index in [0.29, 0.717) is 0 Å². The van der Waals surface area contributed by atoms with Gasteiger partial charge < -0.3 is 13.7 Å². The summed E-state index contributed by atoms with van der Waals surface area (Å²) < 4.78 is 13.5. The fourth-order valence-electron chi connectivity index (χ4n) is 8.32. The molecule has 0 saturated heterocycles. The van der Waals surface area contributed by atoms with E-state index in [2.05, 4.69) is 193 Å². The molecule has 0 spiro atoms. The molecule has 0 radical (unpaired) electrons. The van der Waals surface area contributed by atoms with Crippen LogP contribution >= 0.6 is 0 Å². The van der Waals surface area contributed by atoms with Crippen LogP contribution in [-0.4, -0.2) is 0 Å². The number of para-hydroxylation sites is 1. The van der Waals surface area contributed by atoms with Crippen molar-refractivity contribution in [3.05, 3.63) is 200 Å². The first kappa shape index (κ1) is 31.2. The number of hydrogen-bond donors (Lipinski definition) is 0. The Bertz CT molecular complexity index is 3200. The zero-order chi connectivity index (χ0) is 36.3. The highest BCUT2D eigenvalue weighted by atomic mass is 16.3. The number of hydrogen-bond acceptors (Lipinski definition) is 3. The molecule has 0 aliphatic heterocycles. The van der Waals surface area contributed by atoms with Crippen LogP contribution in [0.25, 0.3) is 88.0 Å². The first-order chi connectivity index (χ1) is 27.3. The summed E-state index contributed by atoms with van der Waals surface area (Å²) >= 11 is 0. The molecule has 3 nitrogen and oxygen atoms in total. The first-order valence-electron chi connectivity index (χ1n) is 18.7. The number of benzene rings is 9. The fourth-order valence-corrected chi connectivity index (χ4v) is 8.32. The highest BCUT2D eigenvalue weighted by molar-refractivity contribution is 6.26. The molecule has 0 fully saturated rings. The molecule has 55 heavy (non-hydrogen) atoms. The second kappa shape index (κ2) is 12.6. The van der Waals surface area contributed by atoms with E-state index in [9.17, 15) is 0 Å². The number of furan rings is 2. The summed E-state index contributed by atoms with van der Waals surface area (Å²) in [5, 5.41) is 6.67. The fraction of sp³-hybridized carbons (Fsp3) is 0. The summed E-state index contributed by atoms with van der Waals surface area (Å²) in [6, 6.07) is 70.9. The van der Waals surface area contributed by atoms with Crippen molar-refractivity contribution in [3.63, 3.8) is 0 Å². The molecule has 0 amide bonds. The van der Waals surface area contributed by atoms with E-state index in [0.717, 1.165) is 94.1 Å². The second-order valence-electron chi connectivity index (χ2n) is 14.0. The Morgan fingerprint density at radius 3 is 1.75 bits per heavy atom. The maximum absolute atomic E-state index is 6.97. The third-order valence-corrected chi connectivity index (χ3v) is 10.8. The molecule has 0 N–H and O–H groups in total. The van der Waals surface area contributed by atoms with Crippen LogP contribution in [-0.2, 0) is 0 Å². The zero-order valence-electron chi connectivity index (χ0n) is 29.8. The molecule has 2 aromatic heterocycles. The SMILES string of the molecule is c1ccc(-c2ccc(N(c3ccc4c(c3)oc3ccccc34)c3cccc4oc5c(-c6ccccc6)cc6ccccc6c5c34)c(-c3ccccc3)c2)cc1. The summed E-state index contributed by atoms with van der Waals surface area (Å²) in [5.41, 5.74) is 13.2. The lowest BCUT2D eigenvalue weighted by Crippen LogP contribution is -2.11. The van der Waals surface area contributed by atoms with Gasteiger partial charge in [-0.3, -0.25) is 0 Å². The molecule has 258 valence electrons. The Hall–Kier alpha value is -7.36. The quantitative estimate of drug-likeness (QED) is 0.173. The van der Waals surface area contributed by atoms with Crippen LogP contribution in [0.3, 0.4) is 0 Å². The van der Waals surface area contributed by atoms with Gasteiger partial charge in [0.25, 0.3) is 0 Å². The van der Waals surface area contributed by atoms with Crippen LogP contribution in [0.5, 0.6) is 0 Å². The maximum Gasteiger partial charge on any atom is 0.143 e. The molecule has 2 heterocycles. The van der Waals surface area contributed by atoms with Gasteiger partial charge in [0.05, 0.1) is 16.8 Å². The van der Waals surface area contributed by atoms with Gasteiger partial charge in [-0.2, -0.15) is 0 Å². The van der Waals surface area contributed by atoms with E-state index in [1.165, 1.54) is 10.9 Å². The number of fused-ring (bicyclic) bond motifs is 8. The van der Waals surface area contributed by atoms with Crippen LogP contribution in [0.2, 0.25) is 0 Å². The van der Waals surface area contributed by atoms with Gasteiger partial charge in [0.1, 0.15) is 22.3 Å². The molecule has 0 aliphatic carbocycles. The number of rotatable bonds is 6. The number of nitrogens with zero attached hydrogens (tertiary/aromatic N) is 1. The molecule has 0 unspecified atom stereocenters. The maximum atomic E-state index is 6.97. The van der Waals surface area contributed by atoms with Gasteiger partial charge in [-0.05, 0) is 81.6 Å². The van der Waals surface area contributed by atoms with Crippen molar-refractivity contribution in [1.29, 1.82) is 0 Å². The largest absolute Gasteiger partial charge is 0.456 e. The van der Waals surface area contributed by atoms with Crippen LogP contribution in [0.15, 0.2) is 209 Å². The van der Waals surface area contributed by atoms with Crippen molar-refractivity contribution >= 4 is 71.7 Å². The Kier molecular flexibility index (Phi) is 7.17. The van der Waals surface area contributed by atoms with Gasteiger partial charge in [0.15, 0.2) is 0 Å². The first-order valence-corrected chi connectivity index (χ1v) is 18.7. The minimum atomic E-state index is 0.831. The predicted molar refractivity (Wildman–Crippen MR) is 229 cm³/mol. The van der Waals surface area contributed by atoms with E-state index < -0.39 is 0 Å². The van der Waals surface area contributed by atoms with Crippen LogP contribution < -0.4 is 4.90 Å². The highest BCUT2D eigenvalue weighted by Crippen LogP contribution is 2.50. The van der Waals surface area contributed by atoms with Gasteiger partial charge in [-0.1, -0.05) is 146 Å². The Labute approximate surface area is 317 Å². The zero-order valence-corrected chi connectivity index (χ0v) is 29.8. The number of anilines is 3. The molecule has 3 heteroatoms. The molecule has 11 rings (SSSR count). The van der Waals surface area contributed by atoms with E-state index in [1.54, 1.807) is 0 Å². The molecule has 0 bridgehead atoms. The lowest BCUT2D eigenvalue weighted by atomic mass is 9.94. The topological polar surface area (TPSA) is 29.5 Å². The third-order valence-electron chi connectivity index (χ3n) is 10.8. The average Bonchev–Trinajstić information content (AvgIpc) is 3.84. The monoisotopic (exact) mass is 703 g/mol. The van der Waals surface area contributed by atoms with Crippen molar-refractivity contribution in [2.24, 2.45) is 0 Å². The van der Waals surface area contributed by atoms with Gasteiger partial charge in [-0.15, -0.1) is 0 Å². The van der Waals surface area contributed by atoms with Crippen molar-refractivity contribution in [1.82, 2.24) is 0 Å². The predicted octanol–water partition coefficient (Wildman–Crippen LogP) is 15.1. The summed E-state index contributed by atoms with van der Waals surface area (Å²) in [5.74, 6) is 0. The minimum Gasteiger partial charge on any atom is -0.456 e. The van der Waals surface area contributed by atoms with E-state index >= 15 is 0 Å². The Balaban J connectivity index is 1.25. The third kappa shape index (κ3) is 5.13. The minimum absolute atomic E-state index is 0.831. The van der Waals surface area contributed by atoms with Crippen molar-refractivity contribution in [3.8, 4) is 33.4 Å². The van der Waals surface area contributed by atoms with Crippen LogP contribution in [0.1, 0.15) is 0 Å². The van der Waals surface area contributed by atoms with Crippen molar-refractivity contribution in [2.45, 2.75) is 0 Å². The van der Waals surface area contributed by atoms with E-state index in [4.69, 9.17) is 8.83 Å². The van der Waals surface area contributed by atoms with Crippen LogP contribution in [0.4, 0.5) is 17.1 Å². The second-order valence-corrected chi connectivity index (χ2v) is 14.0. The normalized spacial score (nSPS) is 11.6. The summed E-state index contributed by atoms with van der Waals surface area (Å²) in [7, 11) is 0. The molecular weight excluding hydrogens is 671 g/mol. The molecule has 0 atom stereocenters. The summed E-state index contributed by atoms with van der Waals surface area (Å²) in [4.78, 5) is 2.39. The molecular formula is C52H33NO2. The van der Waals surface area contributed by atoms with E-state index in [-0.39, 0.29) is 0 Å². The highest BCUT2D eigenvalue weighted by Gasteiger charge is 2.25. The summed E-state index contributed by atoms with van der Waals surface area (Å²) in [6.45, 7) is 0.